The van der Waals surface area contributed by atoms with Crippen LogP contribution in [0.2, 0.25) is 5.15 Å². The van der Waals surface area contributed by atoms with Crippen LogP contribution in [0.25, 0.3) is 0 Å². The second kappa shape index (κ2) is 5.51. The van der Waals surface area contributed by atoms with E-state index in [2.05, 4.69) is 10.3 Å². The number of amides is 1. The van der Waals surface area contributed by atoms with Crippen LogP contribution in [-0.4, -0.2) is 16.0 Å². The summed E-state index contributed by atoms with van der Waals surface area (Å²) in [5.41, 5.74) is 1.43. The normalized spacial score (nSPS) is 10.1. The molecule has 18 heavy (non-hydrogen) atoms. The molecule has 0 fully saturated rings. The van der Waals surface area contributed by atoms with Gasteiger partial charge >= 0.3 is 0 Å². The number of aromatic nitrogens is 1. The highest BCUT2D eigenvalue weighted by Crippen LogP contribution is 2.13. The third kappa shape index (κ3) is 3.46. The van der Waals surface area contributed by atoms with E-state index in [4.69, 9.17) is 16.7 Å². The second-order valence-electron chi connectivity index (χ2n) is 3.76. The van der Waals surface area contributed by atoms with Gasteiger partial charge in [-0.25, -0.2) is 4.98 Å². The van der Waals surface area contributed by atoms with Crippen molar-refractivity contribution in [1.82, 2.24) is 4.98 Å². The number of benzene rings is 1. The Morgan fingerprint density at radius 2 is 2.00 bits per heavy atom. The highest BCUT2D eigenvalue weighted by molar-refractivity contribution is 6.29. The van der Waals surface area contributed by atoms with Crippen molar-refractivity contribution in [1.29, 1.82) is 0 Å². The molecule has 0 aliphatic heterocycles. The summed E-state index contributed by atoms with van der Waals surface area (Å²) in [4.78, 5) is 15.6. The molecule has 2 N–H and O–H groups in total. The Hall–Kier alpha value is -2.07. The van der Waals surface area contributed by atoms with E-state index in [1.54, 1.807) is 36.4 Å². The van der Waals surface area contributed by atoms with Crippen LogP contribution in [0.1, 0.15) is 5.56 Å². The lowest BCUT2D eigenvalue weighted by atomic mass is 10.1. The molecule has 0 atom stereocenters. The van der Waals surface area contributed by atoms with Gasteiger partial charge in [0, 0.05) is 11.9 Å². The maximum atomic E-state index is 11.7. The van der Waals surface area contributed by atoms with Crippen LogP contribution in [0, 0.1) is 0 Å². The highest BCUT2D eigenvalue weighted by Gasteiger charge is 2.04. The number of nitrogens with zero attached hydrogens (tertiary/aromatic N) is 1. The molecule has 0 saturated heterocycles. The Balaban J connectivity index is 1.98. The zero-order valence-electron chi connectivity index (χ0n) is 9.43. The number of hydrogen-bond donors (Lipinski definition) is 2. The smallest absolute Gasteiger partial charge is 0.228 e. The van der Waals surface area contributed by atoms with Crippen molar-refractivity contribution < 1.29 is 9.90 Å². The monoisotopic (exact) mass is 262 g/mol. The van der Waals surface area contributed by atoms with Crippen molar-refractivity contribution in [2.45, 2.75) is 6.42 Å². The summed E-state index contributed by atoms with van der Waals surface area (Å²) in [6, 6.07) is 9.75. The highest BCUT2D eigenvalue weighted by atomic mass is 35.5. The molecule has 4 nitrogen and oxygen atoms in total. The number of anilines is 1. The minimum Gasteiger partial charge on any atom is -0.508 e. The van der Waals surface area contributed by atoms with Gasteiger partial charge in [0.2, 0.25) is 5.91 Å². The summed E-state index contributed by atoms with van der Waals surface area (Å²) in [6.45, 7) is 0. The number of halogens is 1. The van der Waals surface area contributed by atoms with E-state index in [-0.39, 0.29) is 18.1 Å². The molecule has 0 saturated carbocycles. The third-order valence-corrected chi connectivity index (χ3v) is 2.52. The molecule has 1 aromatic carbocycles. The fourth-order valence-corrected chi connectivity index (χ4v) is 1.66. The standard InChI is InChI=1S/C13H11ClN2O2/c14-12-8-10(5-6-15-12)16-13(18)7-9-1-3-11(17)4-2-9/h1-6,8,17H,7H2,(H,15,16,18). The molecule has 1 amide bonds. The number of hydrogen-bond acceptors (Lipinski definition) is 3. The van der Waals surface area contributed by atoms with Crippen molar-refractivity contribution in [3.8, 4) is 5.75 Å². The largest absolute Gasteiger partial charge is 0.508 e. The van der Waals surface area contributed by atoms with Gasteiger partial charge < -0.3 is 10.4 Å². The number of aromatic hydroxyl groups is 1. The second-order valence-corrected chi connectivity index (χ2v) is 4.15. The number of carbonyl (C=O) groups is 1. The number of pyridine rings is 1. The molecule has 1 heterocycles. The van der Waals surface area contributed by atoms with Gasteiger partial charge in [-0.15, -0.1) is 0 Å². The molecule has 2 aromatic rings. The predicted molar refractivity (Wildman–Crippen MR) is 69.7 cm³/mol. The van der Waals surface area contributed by atoms with Gasteiger partial charge in [0.1, 0.15) is 10.9 Å². The van der Waals surface area contributed by atoms with Crippen LogP contribution < -0.4 is 5.32 Å². The molecule has 92 valence electrons. The maximum absolute atomic E-state index is 11.7. The van der Waals surface area contributed by atoms with Crippen LogP contribution in [0.4, 0.5) is 5.69 Å². The summed E-state index contributed by atoms with van der Waals surface area (Å²) in [5.74, 6) is 0.0306. The molecule has 0 unspecified atom stereocenters. The van der Waals surface area contributed by atoms with Gasteiger partial charge in [-0.05, 0) is 29.8 Å². The molecular formula is C13H11ClN2O2. The van der Waals surface area contributed by atoms with E-state index >= 15 is 0 Å². The average molecular weight is 263 g/mol. The molecule has 1 aromatic heterocycles. The summed E-state index contributed by atoms with van der Waals surface area (Å²) >= 11 is 5.72. The topological polar surface area (TPSA) is 62.2 Å². The van der Waals surface area contributed by atoms with Crippen molar-refractivity contribution >= 4 is 23.2 Å². The minimum absolute atomic E-state index is 0.150. The molecule has 0 spiro atoms. The van der Waals surface area contributed by atoms with Gasteiger partial charge in [0.05, 0.1) is 6.42 Å². The first-order valence-electron chi connectivity index (χ1n) is 5.33. The van der Waals surface area contributed by atoms with E-state index < -0.39 is 0 Å². The third-order valence-electron chi connectivity index (χ3n) is 2.31. The fourth-order valence-electron chi connectivity index (χ4n) is 1.48. The molecule has 0 aliphatic carbocycles. The molecule has 0 aliphatic rings. The summed E-state index contributed by atoms with van der Waals surface area (Å²) < 4.78 is 0. The SMILES string of the molecule is O=C(Cc1ccc(O)cc1)Nc1ccnc(Cl)c1. The van der Waals surface area contributed by atoms with E-state index in [1.807, 2.05) is 0 Å². The number of nitrogens with one attached hydrogen (secondary N) is 1. The maximum Gasteiger partial charge on any atom is 0.228 e. The Labute approximate surface area is 109 Å². The number of phenolic OH excluding ortho intramolecular Hbond substituents is 1. The number of phenols is 1. The molecule has 0 bridgehead atoms. The van der Waals surface area contributed by atoms with Crippen LogP contribution in [-0.2, 0) is 11.2 Å². The Kier molecular flexibility index (Phi) is 3.79. The zero-order chi connectivity index (χ0) is 13.0. The van der Waals surface area contributed by atoms with Gasteiger partial charge in [0.25, 0.3) is 0 Å². The summed E-state index contributed by atoms with van der Waals surface area (Å²) in [5, 5.41) is 12.2. The van der Waals surface area contributed by atoms with E-state index in [1.165, 1.54) is 6.20 Å². The van der Waals surface area contributed by atoms with Gasteiger partial charge in [-0.2, -0.15) is 0 Å². The first kappa shape index (κ1) is 12.4. The Morgan fingerprint density at radius 1 is 1.28 bits per heavy atom. The van der Waals surface area contributed by atoms with Gasteiger partial charge in [0.15, 0.2) is 0 Å². The predicted octanol–water partition coefficient (Wildman–Crippen LogP) is 2.62. The van der Waals surface area contributed by atoms with Crippen molar-refractivity contribution in [2.24, 2.45) is 0 Å². The fraction of sp³-hybridized carbons (Fsp3) is 0.0769. The van der Waals surface area contributed by atoms with Crippen LogP contribution in [0.15, 0.2) is 42.6 Å². The lowest BCUT2D eigenvalue weighted by Gasteiger charge is -2.05. The van der Waals surface area contributed by atoms with E-state index in [0.717, 1.165) is 5.56 Å². The first-order valence-corrected chi connectivity index (χ1v) is 5.70. The van der Waals surface area contributed by atoms with E-state index in [0.29, 0.717) is 10.8 Å². The summed E-state index contributed by atoms with van der Waals surface area (Å²) in [6.07, 6.45) is 1.76. The van der Waals surface area contributed by atoms with Crippen molar-refractivity contribution in [3.63, 3.8) is 0 Å². The van der Waals surface area contributed by atoms with E-state index in [9.17, 15) is 4.79 Å². The molecule has 0 radical (unpaired) electrons. The van der Waals surface area contributed by atoms with Crippen LogP contribution in [0.5, 0.6) is 5.75 Å². The van der Waals surface area contributed by atoms with Crippen molar-refractivity contribution in [3.05, 3.63) is 53.3 Å². The lowest BCUT2D eigenvalue weighted by Crippen LogP contribution is -2.14. The molecule has 2 rings (SSSR count). The number of rotatable bonds is 3. The number of carbonyl (C=O) groups excluding carboxylic acids is 1. The van der Waals surface area contributed by atoms with Crippen molar-refractivity contribution in [2.75, 3.05) is 5.32 Å². The minimum atomic E-state index is -0.150. The van der Waals surface area contributed by atoms with Crippen LogP contribution >= 0.6 is 11.6 Å². The lowest BCUT2D eigenvalue weighted by molar-refractivity contribution is -0.115. The van der Waals surface area contributed by atoms with Gasteiger partial charge in [-0.3, -0.25) is 4.79 Å². The summed E-state index contributed by atoms with van der Waals surface area (Å²) in [7, 11) is 0. The molecule has 5 heteroatoms. The average Bonchev–Trinajstić information content (AvgIpc) is 2.32. The zero-order valence-corrected chi connectivity index (χ0v) is 10.2. The molecular weight excluding hydrogens is 252 g/mol. The Morgan fingerprint density at radius 3 is 2.67 bits per heavy atom. The first-order chi connectivity index (χ1) is 8.63. The van der Waals surface area contributed by atoms with Crippen LogP contribution in [0.3, 0.4) is 0 Å². The quantitative estimate of drug-likeness (QED) is 0.836. The Bertz CT molecular complexity index is 555. The van der Waals surface area contributed by atoms with Gasteiger partial charge in [-0.1, -0.05) is 23.7 Å².